The number of benzene rings is 1. The molecule has 3 atom stereocenters. The van der Waals surface area contributed by atoms with Crippen molar-refractivity contribution in [2.45, 2.75) is 32.7 Å². The number of rotatable bonds is 3. The van der Waals surface area contributed by atoms with Crippen LogP contribution in [-0.4, -0.2) is 29.9 Å². The smallest absolute Gasteiger partial charge is 0.239 e. The molecule has 0 spiro atoms. The third kappa shape index (κ3) is 4.22. The number of amides is 1. The van der Waals surface area contributed by atoms with Crippen molar-refractivity contribution >= 4 is 18.3 Å². The third-order valence-electron chi connectivity index (χ3n) is 4.26. The van der Waals surface area contributed by atoms with Gasteiger partial charge >= 0.3 is 0 Å². The van der Waals surface area contributed by atoms with Crippen LogP contribution in [0, 0.1) is 11.8 Å². The zero-order valence-corrected chi connectivity index (χ0v) is 13.1. The number of piperidine rings is 1. The van der Waals surface area contributed by atoms with Gasteiger partial charge in [-0.3, -0.25) is 4.79 Å². The number of likely N-dealkylation sites (tertiary alicyclic amines) is 1. The number of nitrogens with zero attached hydrogens (tertiary/aromatic N) is 1. The van der Waals surface area contributed by atoms with Crippen LogP contribution in [0.4, 0.5) is 0 Å². The Labute approximate surface area is 127 Å². The van der Waals surface area contributed by atoms with Crippen molar-refractivity contribution in [1.29, 1.82) is 0 Å². The second kappa shape index (κ2) is 7.65. The molecule has 3 nitrogen and oxygen atoms in total. The normalized spacial score (nSPS) is 23.9. The molecule has 2 N–H and O–H groups in total. The summed E-state index contributed by atoms with van der Waals surface area (Å²) in [6.07, 6.45) is 1.71. The number of hydrogen-bond acceptors (Lipinski definition) is 2. The summed E-state index contributed by atoms with van der Waals surface area (Å²) >= 11 is 0. The summed E-state index contributed by atoms with van der Waals surface area (Å²) in [6, 6.07) is 9.57. The zero-order valence-electron chi connectivity index (χ0n) is 12.3. The highest BCUT2D eigenvalue weighted by molar-refractivity contribution is 5.85. The van der Waals surface area contributed by atoms with E-state index in [4.69, 9.17) is 5.73 Å². The SMILES string of the molecule is CC1CCN(C(=O)[C@@H](N)Cc2ccccc2)CC1C.Cl. The summed E-state index contributed by atoms with van der Waals surface area (Å²) in [5, 5.41) is 0. The lowest BCUT2D eigenvalue weighted by Gasteiger charge is -2.36. The molecule has 0 radical (unpaired) electrons. The molecular weight excluding hydrogens is 272 g/mol. The molecule has 4 heteroatoms. The van der Waals surface area contributed by atoms with Gasteiger partial charge in [0.1, 0.15) is 0 Å². The van der Waals surface area contributed by atoms with Crippen molar-refractivity contribution in [2.24, 2.45) is 17.6 Å². The maximum atomic E-state index is 12.4. The zero-order chi connectivity index (χ0) is 13.8. The lowest BCUT2D eigenvalue weighted by molar-refractivity contribution is -0.134. The molecule has 1 aliphatic rings. The van der Waals surface area contributed by atoms with E-state index in [0.717, 1.165) is 25.1 Å². The van der Waals surface area contributed by atoms with Crippen LogP contribution in [0.3, 0.4) is 0 Å². The quantitative estimate of drug-likeness (QED) is 0.931. The van der Waals surface area contributed by atoms with Gasteiger partial charge in [-0.25, -0.2) is 0 Å². The number of halogens is 1. The summed E-state index contributed by atoms with van der Waals surface area (Å²) < 4.78 is 0. The Hall–Kier alpha value is -1.06. The van der Waals surface area contributed by atoms with E-state index in [1.165, 1.54) is 0 Å². The Kier molecular flexibility index (Phi) is 6.50. The fourth-order valence-corrected chi connectivity index (χ4v) is 2.65. The highest BCUT2D eigenvalue weighted by Crippen LogP contribution is 2.22. The van der Waals surface area contributed by atoms with E-state index in [0.29, 0.717) is 18.3 Å². The van der Waals surface area contributed by atoms with E-state index in [1.807, 2.05) is 35.2 Å². The molecule has 1 amide bonds. The second-order valence-corrected chi connectivity index (χ2v) is 5.82. The molecule has 20 heavy (non-hydrogen) atoms. The molecule has 1 aliphatic heterocycles. The highest BCUT2D eigenvalue weighted by atomic mass is 35.5. The van der Waals surface area contributed by atoms with Crippen LogP contribution in [0.1, 0.15) is 25.8 Å². The van der Waals surface area contributed by atoms with Gasteiger partial charge in [-0.2, -0.15) is 0 Å². The van der Waals surface area contributed by atoms with Gasteiger partial charge in [-0.05, 0) is 30.2 Å². The van der Waals surface area contributed by atoms with Gasteiger partial charge < -0.3 is 10.6 Å². The van der Waals surface area contributed by atoms with Gasteiger partial charge in [-0.15, -0.1) is 12.4 Å². The van der Waals surface area contributed by atoms with E-state index >= 15 is 0 Å². The van der Waals surface area contributed by atoms with Gasteiger partial charge in [0.15, 0.2) is 0 Å². The Morgan fingerprint density at radius 3 is 2.55 bits per heavy atom. The molecule has 112 valence electrons. The van der Waals surface area contributed by atoms with Gasteiger partial charge in [0.2, 0.25) is 5.91 Å². The van der Waals surface area contributed by atoms with Crippen molar-refractivity contribution < 1.29 is 4.79 Å². The minimum atomic E-state index is -0.414. The van der Waals surface area contributed by atoms with Crippen LogP contribution in [0.2, 0.25) is 0 Å². The lowest BCUT2D eigenvalue weighted by atomic mass is 9.88. The topological polar surface area (TPSA) is 46.3 Å². The Morgan fingerprint density at radius 2 is 1.95 bits per heavy atom. The van der Waals surface area contributed by atoms with Crippen LogP contribution in [0.15, 0.2) is 30.3 Å². The predicted octanol–water partition coefficient (Wildman–Crippen LogP) is 2.48. The Bertz CT molecular complexity index is 424. The monoisotopic (exact) mass is 296 g/mol. The van der Waals surface area contributed by atoms with E-state index < -0.39 is 6.04 Å². The summed E-state index contributed by atoms with van der Waals surface area (Å²) in [7, 11) is 0. The standard InChI is InChI=1S/C16H24N2O.ClH/c1-12-8-9-18(11-13(12)2)16(19)15(17)10-14-6-4-3-5-7-14;/h3-7,12-13,15H,8-11,17H2,1-2H3;1H/t12?,13?,15-;/m0./s1. The summed E-state index contributed by atoms with van der Waals surface area (Å²) in [5.41, 5.74) is 7.20. The molecule has 0 saturated carbocycles. The van der Waals surface area contributed by atoms with E-state index in [2.05, 4.69) is 13.8 Å². The van der Waals surface area contributed by atoms with Crippen molar-refractivity contribution in [3.05, 3.63) is 35.9 Å². The number of carbonyl (C=O) groups is 1. The first kappa shape index (κ1) is 17.0. The van der Waals surface area contributed by atoms with E-state index in [-0.39, 0.29) is 18.3 Å². The molecule has 2 unspecified atom stereocenters. The Balaban J connectivity index is 0.00000200. The number of nitrogens with two attached hydrogens (primary N) is 1. The third-order valence-corrected chi connectivity index (χ3v) is 4.26. The average Bonchev–Trinajstić information content (AvgIpc) is 2.42. The van der Waals surface area contributed by atoms with Crippen molar-refractivity contribution in [2.75, 3.05) is 13.1 Å². The number of carbonyl (C=O) groups excluding carboxylic acids is 1. The maximum absolute atomic E-state index is 12.4. The summed E-state index contributed by atoms with van der Waals surface area (Å²) in [4.78, 5) is 14.3. The number of hydrogen-bond donors (Lipinski definition) is 1. The molecule has 2 rings (SSSR count). The molecule has 0 aliphatic carbocycles. The van der Waals surface area contributed by atoms with Crippen LogP contribution in [-0.2, 0) is 11.2 Å². The van der Waals surface area contributed by atoms with Crippen molar-refractivity contribution in [1.82, 2.24) is 4.90 Å². The minimum Gasteiger partial charge on any atom is -0.341 e. The second-order valence-electron chi connectivity index (χ2n) is 5.82. The first-order valence-corrected chi connectivity index (χ1v) is 7.16. The maximum Gasteiger partial charge on any atom is 0.239 e. The lowest BCUT2D eigenvalue weighted by Crippen LogP contribution is -2.49. The highest BCUT2D eigenvalue weighted by Gasteiger charge is 2.28. The summed E-state index contributed by atoms with van der Waals surface area (Å²) in [5.74, 6) is 1.37. The fourth-order valence-electron chi connectivity index (χ4n) is 2.65. The molecule has 1 aromatic rings. The van der Waals surface area contributed by atoms with Gasteiger partial charge in [-0.1, -0.05) is 44.2 Å². The van der Waals surface area contributed by atoms with Gasteiger partial charge in [0.05, 0.1) is 6.04 Å². The van der Waals surface area contributed by atoms with Gasteiger partial charge in [0, 0.05) is 13.1 Å². The van der Waals surface area contributed by atoms with Crippen LogP contribution >= 0.6 is 12.4 Å². The molecule has 1 aromatic carbocycles. The molecular formula is C16H25ClN2O. The molecule has 1 heterocycles. The van der Waals surface area contributed by atoms with E-state index in [1.54, 1.807) is 0 Å². The van der Waals surface area contributed by atoms with Crippen molar-refractivity contribution in [3.63, 3.8) is 0 Å². The van der Waals surface area contributed by atoms with E-state index in [9.17, 15) is 4.79 Å². The minimum absolute atomic E-state index is 0. The fraction of sp³-hybridized carbons (Fsp3) is 0.562. The molecule has 0 aromatic heterocycles. The van der Waals surface area contributed by atoms with Crippen molar-refractivity contribution in [3.8, 4) is 0 Å². The largest absolute Gasteiger partial charge is 0.341 e. The molecule has 1 saturated heterocycles. The Morgan fingerprint density at radius 1 is 1.30 bits per heavy atom. The van der Waals surface area contributed by atoms with Crippen LogP contribution in [0.25, 0.3) is 0 Å². The van der Waals surface area contributed by atoms with Gasteiger partial charge in [0.25, 0.3) is 0 Å². The predicted molar refractivity (Wildman–Crippen MR) is 84.9 cm³/mol. The first-order chi connectivity index (χ1) is 9.08. The van der Waals surface area contributed by atoms with Crippen LogP contribution < -0.4 is 5.73 Å². The first-order valence-electron chi connectivity index (χ1n) is 7.16. The molecule has 1 fully saturated rings. The molecule has 0 bridgehead atoms. The summed E-state index contributed by atoms with van der Waals surface area (Å²) in [6.45, 7) is 6.18. The van der Waals surface area contributed by atoms with Crippen LogP contribution in [0.5, 0.6) is 0 Å². The average molecular weight is 297 g/mol.